The third-order valence-electron chi connectivity index (χ3n) is 4.21. The molecule has 0 fully saturated rings. The lowest BCUT2D eigenvalue weighted by Crippen LogP contribution is -2.41. The molecule has 0 aromatic heterocycles. The Morgan fingerprint density at radius 3 is 2.13 bits per heavy atom. The number of carboxylic acid groups (broad SMARTS) is 1. The molecule has 2 rings (SSSR count). The number of alkyl carbamates (subject to hydrolysis) is 1. The number of nitrogens with one attached hydrogen (secondary N) is 2. The Balaban J connectivity index is 1.95. The average molecular weight is 449 g/mol. The second-order valence-corrected chi connectivity index (χ2v) is 9.69. The number of hydrogen-bond donors (Lipinski definition) is 3. The van der Waals surface area contributed by atoms with Gasteiger partial charge in [-0.25, -0.2) is 13.2 Å². The third-order valence-corrected chi connectivity index (χ3v) is 5.69. The molecule has 0 heterocycles. The summed E-state index contributed by atoms with van der Waals surface area (Å²) in [6.45, 7) is 5.35. The van der Waals surface area contributed by atoms with Gasteiger partial charge in [0.2, 0.25) is 10.0 Å². The smallest absolute Gasteiger partial charge is 0.407 e. The molecule has 2 aromatic carbocycles. The molecule has 31 heavy (non-hydrogen) atoms. The van der Waals surface area contributed by atoms with E-state index in [1.54, 1.807) is 32.9 Å². The highest BCUT2D eigenvalue weighted by atomic mass is 32.2. The summed E-state index contributed by atoms with van der Waals surface area (Å²) in [5.74, 6) is -1.29. The molecule has 1 amide bonds. The maximum absolute atomic E-state index is 12.6. The quantitative estimate of drug-likeness (QED) is 0.506. The Kier molecular flexibility index (Phi) is 8.18. The van der Waals surface area contributed by atoms with Crippen molar-refractivity contribution < 1.29 is 27.9 Å². The van der Waals surface area contributed by atoms with Crippen LogP contribution in [0.4, 0.5) is 4.79 Å². The van der Waals surface area contributed by atoms with E-state index >= 15 is 0 Å². The fraction of sp³-hybridized carbons (Fsp3) is 0.364. The average Bonchev–Trinajstić information content (AvgIpc) is 2.69. The van der Waals surface area contributed by atoms with E-state index < -0.39 is 33.7 Å². The van der Waals surface area contributed by atoms with E-state index in [-0.39, 0.29) is 24.3 Å². The predicted octanol–water partition coefficient (Wildman–Crippen LogP) is 3.39. The number of sulfonamides is 1. The highest BCUT2D eigenvalue weighted by molar-refractivity contribution is 7.89. The van der Waals surface area contributed by atoms with Crippen molar-refractivity contribution in [2.75, 3.05) is 6.54 Å². The monoisotopic (exact) mass is 448 g/mol. The van der Waals surface area contributed by atoms with Crippen LogP contribution in [0.5, 0.6) is 0 Å². The first-order valence-electron chi connectivity index (χ1n) is 9.85. The van der Waals surface area contributed by atoms with Crippen molar-refractivity contribution in [2.45, 2.75) is 50.2 Å². The zero-order chi connectivity index (χ0) is 23.1. The Labute approximate surface area is 182 Å². The SMILES string of the molecule is CC(C)(C)OC(=O)NCCCC(NS(=O)(=O)c1ccc(-c2ccccc2)cc1)C(=O)O. The lowest BCUT2D eigenvalue weighted by atomic mass is 10.1. The largest absolute Gasteiger partial charge is 0.480 e. The topological polar surface area (TPSA) is 122 Å². The number of amides is 1. The number of rotatable bonds is 9. The molecule has 0 radical (unpaired) electrons. The van der Waals surface area contributed by atoms with Gasteiger partial charge in [0.25, 0.3) is 0 Å². The number of carbonyl (C=O) groups excluding carboxylic acids is 1. The van der Waals surface area contributed by atoms with Crippen LogP contribution in [0.2, 0.25) is 0 Å². The fourth-order valence-electron chi connectivity index (χ4n) is 2.76. The van der Waals surface area contributed by atoms with Gasteiger partial charge in [0.15, 0.2) is 0 Å². The van der Waals surface area contributed by atoms with Gasteiger partial charge in [-0.1, -0.05) is 42.5 Å². The number of carboxylic acids is 1. The number of aliphatic carboxylic acids is 1. The normalized spacial score (nSPS) is 12.7. The minimum absolute atomic E-state index is 0.00641. The summed E-state index contributed by atoms with van der Waals surface area (Å²) in [7, 11) is -4.02. The molecule has 0 aliphatic heterocycles. The zero-order valence-corrected chi connectivity index (χ0v) is 18.6. The fourth-order valence-corrected chi connectivity index (χ4v) is 3.98. The van der Waals surface area contributed by atoms with Gasteiger partial charge in [-0.15, -0.1) is 0 Å². The van der Waals surface area contributed by atoms with E-state index in [1.807, 2.05) is 30.3 Å². The molecule has 0 bridgehead atoms. The van der Waals surface area contributed by atoms with E-state index in [2.05, 4.69) is 10.0 Å². The molecule has 9 heteroatoms. The summed E-state index contributed by atoms with van der Waals surface area (Å²) in [4.78, 5) is 23.1. The van der Waals surface area contributed by atoms with E-state index in [4.69, 9.17) is 4.74 Å². The third kappa shape index (κ3) is 8.03. The van der Waals surface area contributed by atoms with Gasteiger partial charge in [-0.05, 0) is 56.9 Å². The first kappa shape index (κ1) is 24.4. The molecule has 0 aliphatic carbocycles. The first-order valence-corrected chi connectivity index (χ1v) is 11.3. The summed E-state index contributed by atoms with van der Waals surface area (Å²) in [6.07, 6.45) is -0.350. The second-order valence-electron chi connectivity index (χ2n) is 7.97. The van der Waals surface area contributed by atoms with Gasteiger partial charge in [-0.2, -0.15) is 4.72 Å². The van der Waals surface area contributed by atoms with Crippen LogP contribution in [0, 0.1) is 0 Å². The molecule has 1 atom stereocenters. The summed E-state index contributed by atoms with van der Waals surface area (Å²) in [5, 5.41) is 11.9. The standard InChI is InChI=1S/C22H28N2O6S/c1-22(2,3)30-21(27)23-15-7-10-19(20(25)26)24-31(28,29)18-13-11-17(12-14-18)16-8-5-4-6-9-16/h4-6,8-9,11-14,19,24H,7,10,15H2,1-3H3,(H,23,27)(H,25,26). The van der Waals surface area contributed by atoms with E-state index in [0.717, 1.165) is 11.1 Å². The number of hydrogen-bond acceptors (Lipinski definition) is 5. The Morgan fingerprint density at radius 2 is 1.58 bits per heavy atom. The van der Waals surface area contributed by atoms with Crippen molar-refractivity contribution in [1.82, 2.24) is 10.0 Å². The molecule has 0 spiro atoms. The zero-order valence-electron chi connectivity index (χ0n) is 17.8. The van der Waals surface area contributed by atoms with Crippen LogP contribution in [-0.2, 0) is 19.6 Å². The Hall–Kier alpha value is -2.91. The molecule has 2 aromatic rings. The van der Waals surface area contributed by atoms with Crippen LogP contribution in [0.1, 0.15) is 33.6 Å². The molecule has 0 saturated carbocycles. The number of ether oxygens (including phenoxy) is 1. The van der Waals surface area contributed by atoms with Crippen LogP contribution in [0.15, 0.2) is 59.5 Å². The summed E-state index contributed by atoms with van der Waals surface area (Å²) >= 11 is 0. The second kappa shape index (κ2) is 10.4. The molecule has 1 unspecified atom stereocenters. The summed E-state index contributed by atoms with van der Waals surface area (Å²) in [5.41, 5.74) is 1.15. The van der Waals surface area contributed by atoms with E-state index in [9.17, 15) is 23.1 Å². The molecule has 3 N–H and O–H groups in total. The highest BCUT2D eigenvalue weighted by Crippen LogP contribution is 2.21. The summed E-state index contributed by atoms with van der Waals surface area (Å²) in [6, 6.07) is 14.4. The molecule has 0 aliphatic rings. The van der Waals surface area contributed by atoms with Crippen molar-refractivity contribution in [3.63, 3.8) is 0 Å². The molecule has 168 valence electrons. The predicted molar refractivity (Wildman–Crippen MR) is 117 cm³/mol. The van der Waals surface area contributed by atoms with Crippen molar-refractivity contribution in [3.8, 4) is 11.1 Å². The van der Waals surface area contributed by atoms with E-state index in [0.29, 0.717) is 0 Å². The van der Waals surface area contributed by atoms with Gasteiger partial charge < -0.3 is 15.2 Å². The van der Waals surface area contributed by atoms with Gasteiger partial charge in [-0.3, -0.25) is 4.79 Å². The van der Waals surface area contributed by atoms with Gasteiger partial charge in [0.05, 0.1) is 4.90 Å². The lowest BCUT2D eigenvalue weighted by Gasteiger charge is -2.20. The van der Waals surface area contributed by atoms with Crippen LogP contribution in [0.3, 0.4) is 0 Å². The van der Waals surface area contributed by atoms with Crippen LogP contribution in [0.25, 0.3) is 11.1 Å². The van der Waals surface area contributed by atoms with E-state index in [1.165, 1.54) is 12.1 Å². The van der Waals surface area contributed by atoms with Crippen LogP contribution < -0.4 is 10.0 Å². The highest BCUT2D eigenvalue weighted by Gasteiger charge is 2.25. The van der Waals surface area contributed by atoms with Crippen molar-refractivity contribution >= 4 is 22.1 Å². The van der Waals surface area contributed by atoms with Gasteiger partial charge >= 0.3 is 12.1 Å². The summed E-state index contributed by atoms with van der Waals surface area (Å²) < 4.78 is 32.6. The number of benzene rings is 2. The molecule has 0 saturated heterocycles. The minimum atomic E-state index is -4.02. The first-order chi connectivity index (χ1) is 14.5. The van der Waals surface area contributed by atoms with Crippen molar-refractivity contribution in [2.24, 2.45) is 0 Å². The maximum Gasteiger partial charge on any atom is 0.407 e. The molecular weight excluding hydrogens is 420 g/mol. The van der Waals surface area contributed by atoms with Crippen LogP contribution in [-0.4, -0.2) is 43.8 Å². The Bertz CT molecular complexity index is 983. The van der Waals surface area contributed by atoms with Crippen molar-refractivity contribution in [3.05, 3.63) is 54.6 Å². The van der Waals surface area contributed by atoms with Crippen LogP contribution >= 0.6 is 0 Å². The van der Waals surface area contributed by atoms with Gasteiger partial charge in [0, 0.05) is 6.54 Å². The maximum atomic E-state index is 12.6. The van der Waals surface area contributed by atoms with Crippen molar-refractivity contribution in [1.29, 1.82) is 0 Å². The molecular formula is C22H28N2O6S. The minimum Gasteiger partial charge on any atom is -0.480 e. The number of carbonyl (C=O) groups is 2. The van der Waals surface area contributed by atoms with Gasteiger partial charge in [0.1, 0.15) is 11.6 Å². The Morgan fingerprint density at radius 1 is 1.00 bits per heavy atom. The lowest BCUT2D eigenvalue weighted by molar-refractivity contribution is -0.139. The molecule has 8 nitrogen and oxygen atoms in total.